The van der Waals surface area contributed by atoms with Gasteiger partial charge in [-0.05, 0) is 18.2 Å². The van der Waals surface area contributed by atoms with Crippen molar-refractivity contribution in [3.63, 3.8) is 0 Å². The Balaban J connectivity index is 2.87. The van der Waals surface area contributed by atoms with E-state index >= 15 is 0 Å². The molecule has 14 heavy (non-hydrogen) atoms. The number of alkyl halides is 2. The van der Waals surface area contributed by atoms with Gasteiger partial charge in [-0.1, -0.05) is 15.9 Å². The lowest BCUT2D eigenvalue weighted by Gasteiger charge is -2.15. The molecule has 2 nitrogen and oxygen atoms in total. The van der Waals surface area contributed by atoms with Gasteiger partial charge in [0.25, 0.3) is 0 Å². The van der Waals surface area contributed by atoms with E-state index < -0.39 is 24.3 Å². The average Bonchev–Trinajstić information content (AvgIpc) is 2.10. The van der Waals surface area contributed by atoms with Gasteiger partial charge in [0.15, 0.2) is 11.6 Å². The summed E-state index contributed by atoms with van der Waals surface area (Å²) in [5.41, 5.74) is 0. The molecule has 0 aromatic heterocycles. The van der Waals surface area contributed by atoms with Crippen molar-refractivity contribution in [2.75, 3.05) is 6.61 Å². The minimum atomic E-state index is -3.77. The maximum atomic E-state index is 12.9. The van der Waals surface area contributed by atoms with Crippen molar-refractivity contribution in [1.29, 1.82) is 0 Å². The number of halogens is 4. The second-order valence-corrected chi connectivity index (χ2v) is 3.39. The highest BCUT2D eigenvalue weighted by atomic mass is 79.9. The number of benzene rings is 1. The third kappa shape index (κ3) is 2.88. The summed E-state index contributed by atoms with van der Waals surface area (Å²) in [6, 6.07) is 3.39. The van der Waals surface area contributed by atoms with Gasteiger partial charge < -0.3 is 9.84 Å². The number of aliphatic hydroxyl groups excluding tert-OH is 1. The maximum Gasteiger partial charge on any atom is 0.421 e. The first-order valence-electron chi connectivity index (χ1n) is 3.57. The van der Waals surface area contributed by atoms with Crippen LogP contribution in [-0.2, 0) is 0 Å². The Bertz CT molecular complexity index is 330. The molecule has 78 valence electrons. The first kappa shape index (κ1) is 11.3. The Hall–Kier alpha value is -0.750. The summed E-state index contributed by atoms with van der Waals surface area (Å²) in [7, 11) is 0. The normalized spacial score (nSPS) is 11.5. The van der Waals surface area contributed by atoms with Crippen molar-refractivity contribution in [2.45, 2.75) is 6.11 Å². The molecule has 0 aliphatic carbocycles. The van der Waals surface area contributed by atoms with E-state index in [0.29, 0.717) is 4.47 Å². The van der Waals surface area contributed by atoms with Crippen LogP contribution in [0.4, 0.5) is 13.2 Å². The summed E-state index contributed by atoms with van der Waals surface area (Å²) in [6.45, 7) is -1.50. The molecule has 0 bridgehead atoms. The van der Waals surface area contributed by atoms with E-state index in [1.807, 2.05) is 0 Å². The van der Waals surface area contributed by atoms with Gasteiger partial charge in [-0.25, -0.2) is 4.39 Å². The Kier molecular flexibility index (Phi) is 3.38. The first-order chi connectivity index (χ1) is 6.44. The fourth-order valence-corrected chi connectivity index (χ4v) is 1.08. The van der Waals surface area contributed by atoms with E-state index in [-0.39, 0.29) is 0 Å². The Morgan fingerprint density at radius 3 is 2.57 bits per heavy atom. The van der Waals surface area contributed by atoms with E-state index in [1.54, 1.807) is 0 Å². The molecule has 0 heterocycles. The van der Waals surface area contributed by atoms with Gasteiger partial charge in [-0.15, -0.1) is 0 Å². The van der Waals surface area contributed by atoms with Gasteiger partial charge in [-0.3, -0.25) is 0 Å². The van der Waals surface area contributed by atoms with E-state index in [1.165, 1.54) is 6.07 Å². The van der Waals surface area contributed by atoms with Crippen LogP contribution in [0.5, 0.6) is 5.75 Å². The molecule has 0 unspecified atom stereocenters. The molecular formula is C8H6BrF3O2. The van der Waals surface area contributed by atoms with Crippen LogP contribution >= 0.6 is 15.9 Å². The molecule has 0 saturated heterocycles. The van der Waals surface area contributed by atoms with E-state index in [4.69, 9.17) is 5.11 Å². The molecule has 1 aromatic rings. The van der Waals surface area contributed by atoms with Crippen molar-refractivity contribution < 1.29 is 23.0 Å². The zero-order valence-electron chi connectivity index (χ0n) is 6.81. The molecule has 0 fully saturated rings. The summed E-state index contributed by atoms with van der Waals surface area (Å²) >= 11 is 2.96. The van der Waals surface area contributed by atoms with Crippen LogP contribution in [-0.4, -0.2) is 17.8 Å². The second kappa shape index (κ2) is 4.18. The molecule has 0 atom stereocenters. The van der Waals surface area contributed by atoms with Crippen molar-refractivity contribution in [2.24, 2.45) is 0 Å². The maximum absolute atomic E-state index is 12.9. The Morgan fingerprint density at radius 1 is 1.43 bits per heavy atom. The van der Waals surface area contributed by atoms with Gasteiger partial charge >= 0.3 is 6.11 Å². The SMILES string of the molecule is OCC(F)(F)Oc1ccc(Br)cc1F. The first-order valence-corrected chi connectivity index (χ1v) is 4.36. The third-order valence-electron chi connectivity index (χ3n) is 1.34. The molecule has 6 heteroatoms. The smallest absolute Gasteiger partial charge is 0.421 e. The van der Waals surface area contributed by atoms with E-state index in [2.05, 4.69) is 20.7 Å². The number of rotatable bonds is 3. The van der Waals surface area contributed by atoms with Gasteiger partial charge in [0.1, 0.15) is 6.61 Å². The van der Waals surface area contributed by atoms with Crippen LogP contribution < -0.4 is 4.74 Å². The molecular weight excluding hydrogens is 265 g/mol. The third-order valence-corrected chi connectivity index (χ3v) is 1.83. The Labute approximate surface area is 86.4 Å². The predicted molar refractivity (Wildman–Crippen MR) is 46.8 cm³/mol. The van der Waals surface area contributed by atoms with Crippen LogP contribution in [0.3, 0.4) is 0 Å². The fourth-order valence-electron chi connectivity index (χ4n) is 0.751. The minimum Gasteiger partial charge on any atom is -0.428 e. The topological polar surface area (TPSA) is 29.5 Å². The van der Waals surface area contributed by atoms with Crippen LogP contribution in [0.1, 0.15) is 0 Å². The molecule has 0 spiro atoms. The van der Waals surface area contributed by atoms with Crippen molar-refractivity contribution in [3.8, 4) is 5.75 Å². The summed E-state index contributed by atoms with van der Waals surface area (Å²) < 4.78 is 42.3. The zero-order chi connectivity index (χ0) is 10.8. The van der Waals surface area contributed by atoms with Crippen molar-refractivity contribution in [1.82, 2.24) is 0 Å². The van der Waals surface area contributed by atoms with Crippen molar-refractivity contribution >= 4 is 15.9 Å². The fraction of sp³-hybridized carbons (Fsp3) is 0.250. The summed E-state index contributed by atoms with van der Waals surface area (Å²) in [6.07, 6.45) is -3.77. The molecule has 0 aliphatic heterocycles. The number of ether oxygens (including phenoxy) is 1. The lowest BCUT2D eigenvalue weighted by molar-refractivity contribution is -0.202. The molecule has 0 saturated carbocycles. The summed E-state index contributed by atoms with van der Waals surface area (Å²) in [5.74, 6) is -1.53. The minimum absolute atomic E-state index is 0.412. The monoisotopic (exact) mass is 270 g/mol. The lowest BCUT2D eigenvalue weighted by atomic mass is 10.3. The zero-order valence-corrected chi connectivity index (χ0v) is 8.39. The van der Waals surface area contributed by atoms with Crippen LogP contribution in [0.25, 0.3) is 0 Å². The molecule has 0 radical (unpaired) electrons. The quantitative estimate of drug-likeness (QED) is 0.915. The predicted octanol–water partition coefficient (Wildman–Crippen LogP) is 2.55. The van der Waals surface area contributed by atoms with Gasteiger partial charge in [0.2, 0.25) is 0 Å². The molecule has 1 aromatic carbocycles. The van der Waals surface area contributed by atoms with E-state index in [0.717, 1.165) is 12.1 Å². The Morgan fingerprint density at radius 2 is 2.07 bits per heavy atom. The second-order valence-electron chi connectivity index (χ2n) is 2.47. The largest absolute Gasteiger partial charge is 0.428 e. The number of hydrogen-bond acceptors (Lipinski definition) is 2. The summed E-state index contributed by atoms with van der Waals surface area (Å²) in [4.78, 5) is 0. The van der Waals surface area contributed by atoms with Gasteiger partial charge in [-0.2, -0.15) is 8.78 Å². The molecule has 0 amide bonds. The molecule has 1 N–H and O–H groups in total. The van der Waals surface area contributed by atoms with Gasteiger partial charge in [0, 0.05) is 4.47 Å². The van der Waals surface area contributed by atoms with Crippen LogP contribution in [0.2, 0.25) is 0 Å². The lowest BCUT2D eigenvalue weighted by Crippen LogP contribution is -2.29. The van der Waals surface area contributed by atoms with Crippen LogP contribution in [0.15, 0.2) is 22.7 Å². The number of aliphatic hydroxyl groups is 1. The number of hydrogen-bond donors (Lipinski definition) is 1. The summed E-state index contributed by atoms with van der Waals surface area (Å²) in [5, 5.41) is 8.19. The standard InChI is InChI=1S/C8H6BrF3O2/c9-5-1-2-7(6(10)3-5)14-8(11,12)4-13/h1-3,13H,4H2. The van der Waals surface area contributed by atoms with Crippen LogP contribution in [0, 0.1) is 5.82 Å². The molecule has 0 aliphatic rings. The molecule has 1 rings (SSSR count). The average molecular weight is 271 g/mol. The highest BCUT2D eigenvalue weighted by Gasteiger charge is 2.31. The van der Waals surface area contributed by atoms with E-state index in [9.17, 15) is 13.2 Å². The highest BCUT2D eigenvalue weighted by molar-refractivity contribution is 9.10. The van der Waals surface area contributed by atoms with Gasteiger partial charge in [0.05, 0.1) is 0 Å². The highest BCUT2D eigenvalue weighted by Crippen LogP contribution is 2.26. The van der Waals surface area contributed by atoms with Crippen molar-refractivity contribution in [3.05, 3.63) is 28.5 Å².